The van der Waals surface area contributed by atoms with Gasteiger partial charge in [0.25, 0.3) is 0 Å². The summed E-state index contributed by atoms with van der Waals surface area (Å²) in [6, 6.07) is 8.08. The molecule has 3 rings (SSSR count). The maximum Gasteiger partial charge on any atom is 0.139 e. The van der Waals surface area contributed by atoms with Crippen molar-refractivity contribution in [3.63, 3.8) is 0 Å². The number of halogens is 2. The van der Waals surface area contributed by atoms with E-state index in [1.807, 2.05) is 6.92 Å². The molecule has 0 fully saturated rings. The summed E-state index contributed by atoms with van der Waals surface area (Å²) in [4.78, 5) is 4.44. The van der Waals surface area contributed by atoms with Crippen LogP contribution in [0.2, 0.25) is 5.02 Å². The van der Waals surface area contributed by atoms with Crippen LogP contribution in [-0.2, 0) is 0 Å². The van der Waals surface area contributed by atoms with Gasteiger partial charge < -0.3 is 5.73 Å². The summed E-state index contributed by atoms with van der Waals surface area (Å²) in [5.74, 6) is 0.140. The Labute approximate surface area is 114 Å². The average Bonchev–Trinajstić information content (AvgIpc) is 2.70. The minimum atomic E-state index is -0.310. The fraction of sp³-hybridized carbons (Fsp3) is 0.0714. The van der Waals surface area contributed by atoms with E-state index in [4.69, 9.17) is 17.3 Å². The second-order valence-electron chi connectivity index (χ2n) is 4.38. The minimum absolute atomic E-state index is 0.310. The van der Waals surface area contributed by atoms with E-state index in [0.717, 1.165) is 5.56 Å². The third kappa shape index (κ3) is 1.94. The number of anilines is 1. The van der Waals surface area contributed by atoms with E-state index in [9.17, 15) is 4.39 Å². The molecule has 0 saturated carbocycles. The zero-order chi connectivity index (χ0) is 13.6. The van der Waals surface area contributed by atoms with Crippen LogP contribution < -0.4 is 5.73 Å². The number of nitrogens with zero attached hydrogens (tertiary/aromatic N) is 2. The zero-order valence-corrected chi connectivity index (χ0v) is 10.9. The average molecular weight is 276 g/mol. The Morgan fingerprint density at radius 1 is 1.26 bits per heavy atom. The van der Waals surface area contributed by atoms with Crippen molar-refractivity contribution in [2.24, 2.45) is 0 Å². The standard InChI is InChI=1S/C14H11ClFN3/c1-8-2-4-10(16)6-11(8)13-14(17)19-7-9(15)3-5-12(19)18-13/h2-7H,17H2,1H3. The van der Waals surface area contributed by atoms with Crippen LogP contribution in [0.1, 0.15) is 5.56 Å². The summed E-state index contributed by atoms with van der Waals surface area (Å²) in [5, 5.41) is 0.569. The van der Waals surface area contributed by atoms with Gasteiger partial charge >= 0.3 is 0 Å². The summed E-state index contributed by atoms with van der Waals surface area (Å²) in [5.41, 5.74) is 8.94. The van der Waals surface area contributed by atoms with Gasteiger partial charge in [-0.05, 0) is 36.8 Å². The van der Waals surface area contributed by atoms with E-state index in [-0.39, 0.29) is 5.82 Å². The van der Waals surface area contributed by atoms with Crippen molar-refractivity contribution in [1.82, 2.24) is 9.38 Å². The van der Waals surface area contributed by atoms with Crippen LogP contribution in [-0.4, -0.2) is 9.38 Å². The fourth-order valence-corrected chi connectivity index (χ4v) is 2.25. The Morgan fingerprint density at radius 2 is 2.05 bits per heavy atom. The Morgan fingerprint density at radius 3 is 2.84 bits per heavy atom. The molecule has 1 aromatic carbocycles. The number of nitrogen functional groups attached to an aromatic ring is 1. The van der Waals surface area contributed by atoms with Crippen molar-refractivity contribution < 1.29 is 4.39 Å². The maximum absolute atomic E-state index is 13.4. The van der Waals surface area contributed by atoms with Crippen molar-refractivity contribution in [2.45, 2.75) is 6.92 Å². The highest BCUT2D eigenvalue weighted by Crippen LogP contribution is 2.30. The van der Waals surface area contributed by atoms with Gasteiger partial charge in [-0.1, -0.05) is 17.7 Å². The van der Waals surface area contributed by atoms with Gasteiger partial charge in [-0.15, -0.1) is 0 Å². The number of benzene rings is 1. The Kier molecular flexibility index (Phi) is 2.68. The molecule has 0 bridgehead atoms. The first kappa shape index (κ1) is 12.0. The van der Waals surface area contributed by atoms with Crippen LogP contribution in [0.5, 0.6) is 0 Å². The number of imidazole rings is 1. The Bertz CT molecular complexity index is 780. The van der Waals surface area contributed by atoms with E-state index in [2.05, 4.69) is 4.98 Å². The van der Waals surface area contributed by atoms with Crippen LogP contribution >= 0.6 is 11.6 Å². The van der Waals surface area contributed by atoms with Crippen molar-refractivity contribution in [3.8, 4) is 11.3 Å². The molecule has 3 nitrogen and oxygen atoms in total. The van der Waals surface area contributed by atoms with Gasteiger partial charge in [-0.3, -0.25) is 4.40 Å². The lowest BCUT2D eigenvalue weighted by molar-refractivity contribution is 0.628. The summed E-state index contributed by atoms with van der Waals surface area (Å²) in [7, 11) is 0. The van der Waals surface area contributed by atoms with E-state index < -0.39 is 0 Å². The molecule has 3 aromatic rings. The Balaban J connectivity index is 2.31. The second-order valence-corrected chi connectivity index (χ2v) is 4.82. The van der Waals surface area contributed by atoms with Crippen molar-refractivity contribution in [2.75, 3.05) is 5.73 Å². The maximum atomic E-state index is 13.4. The number of nitrogens with two attached hydrogens (primary N) is 1. The molecule has 2 aromatic heterocycles. The lowest BCUT2D eigenvalue weighted by Crippen LogP contribution is -1.95. The molecule has 19 heavy (non-hydrogen) atoms. The molecule has 5 heteroatoms. The van der Waals surface area contributed by atoms with Crippen LogP contribution in [0.3, 0.4) is 0 Å². The SMILES string of the molecule is Cc1ccc(F)cc1-c1nc2ccc(Cl)cn2c1N. The lowest BCUT2D eigenvalue weighted by Gasteiger charge is -2.04. The molecule has 2 N–H and O–H groups in total. The molecule has 96 valence electrons. The highest BCUT2D eigenvalue weighted by atomic mass is 35.5. The molecule has 0 amide bonds. The summed E-state index contributed by atoms with van der Waals surface area (Å²) < 4.78 is 15.1. The first-order chi connectivity index (χ1) is 9.06. The third-order valence-corrected chi connectivity index (χ3v) is 3.30. The number of hydrogen-bond acceptors (Lipinski definition) is 2. The third-order valence-electron chi connectivity index (χ3n) is 3.07. The van der Waals surface area contributed by atoms with Gasteiger partial charge in [0.05, 0.1) is 5.02 Å². The predicted molar refractivity (Wildman–Crippen MR) is 74.7 cm³/mol. The van der Waals surface area contributed by atoms with Crippen molar-refractivity contribution in [1.29, 1.82) is 0 Å². The number of fused-ring (bicyclic) bond motifs is 1. The van der Waals surface area contributed by atoms with Crippen molar-refractivity contribution in [3.05, 3.63) is 52.9 Å². The molecular formula is C14H11ClFN3. The highest BCUT2D eigenvalue weighted by molar-refractivity contribution is 6.30. The first-order valence-corrected chi connectivity index (χ1v) is 6.13. The normalized spacial score (nSPS) is 11.1. The van der Waals surface area contributed by atoms with Gasteiger partial charge in [-0.25, -0.2) is 9.37 Å². The minimum Gasteiger partial charge on any atom is -0.383 e. The molecule has 0 aliphatic carbocycles. The second kappa shape index (κ2) is 4.24. The van der Waals surface area contributed by atoms with Crippen LogP contribution in [0.15, 0.2) is 36.5 Å². The van der Waals surface area contributed by atoms with Crippen LogP contribution in [0, 0.1) is 12.7 Å². The summed E-state index contributed by atoms with van der Waals surface area (Å²) in [6.45, 7) is 1.89. The molecule has 0 aliphatic heterocycles. The van der Waals surface area contributed by atoms with Gasteiger partial charge in [0.1, 0.15) is 23.0 Å². The predicted octanol–water partition coefficient (Wildman–Crippen LogP) is 3.68. The molecule has 0 spiro atoms. The number of aromatic nitrogens is 2. The largest absolute Gasteiger partial charge is 0.383 e. The van der Waals surface area contributed by atoms with Gasteiger partial charge in [0, 0.05) is 11.8 Å². The number of aryl methyl sites for hydroxylation is 1. The van der Waals surface area contributed by atoms with Gasteiger partial charge in [-0.2, -0.15) is 0 Å². The van der Waals surface area contributed by atoms with Gasteiger partial charge in [0.2, 0.25) is 0 Å². The molecule has 0 saturated heterocycles. The topological polar surface area (TPSA) is 43.3 Å². The van der Waals surface area contributed by atoms with Crippen LogP contribution in [0.25, 0.3) is 16.9 Å². The summed E-state index contributed by atoms with van der Waals surface area (Å²) >= 11 is 5.94. The quantitative estimate of drug-likeness (QED) is 0.736. The monoisotopic (exact) mass is 275 g/mol. The summed E-state index contributed by atoms with van der Waals surface area (Å²) in [6.07, 6.45) is 1.69. The molecule has 0 aliphatic rings. The number of pyridine rings is 1. The zero-order valence-electron chi connectivity index (χ0n) is 10.2. The van der Waals surface area contributed by atoms with E-state index >= 15 is 0 Å². The first-order valence-electron chi connectivity index (χ1n) is 5.76. The van der Waals surface area contributed by atoms with Gasteiger partial charge in [0.15, 0.2) is 0 Å². The van der Waals surface area contributed by atoms with E-state index in [0.29, 0.717) is 27.7 Å². The highest BCUT2D eigenvalue weighted by Gasteiger charge is 2.14. The molecule has 0 unspecified atom stereocenters. The lowest BCUT2D eigenvalue weighted by atomic mass is 10.1. The van der Waals surface area contributed by atoms with E-state index in [1.165, 1.54) is 12.1 Å². The fourth-order valence-electron chi connectivity index (χ4n) is 2.08. The molecular weight excluding hydrogens is 265 g/mol. The number of hydrogen-bond donors (Lipinski definition) is 1. The molecule has 0 radical (unpaired) electrons. The van der Waals surface area contributed by atoms with E-state index in [1.54, 1.807) is 28.8 Å². The smallest absolute Gasteiger partial charge is 0.139 e. The number of rotatable bonds is 1. The Hall–Kier alpha value is -2.07. The molecule has 0 atom stereocenters. The molecule has 2 heterocycles. The van der Waals surface area contributed by atoms with Crippen LogP contribution in [0.4, 0.5) is 10.2 Å². The van der Waals surface area contributed by atoms with Crippen molar-refractivity contribution >= 4 is 23.1 Å².